The van der Waals surface area contributed by atoms with Crippen molar-refractivity contribution in [2.24, 2.45) is 17.8 Å². The summed E-state index contributed by atoms with van der Waals surface area (Å²) in [5, 5.41) is 24.6. The molecular formula is C39H44N4O3. The van der Waals surface area contributed by atoms with E-state index in [1.165, 1.54) is 16.0 Å². The van der Waals surface area contributed by atoms with Gasteiger partial charge < -0.3 is 10.4 Å². The number of aromatic nitrogens is 2. The minimum atomic E-state index is -0.218. The second-order valence-corrected chi connectivity index (χ2v) is 13.4. The van der Waals surface area contributed by atoms with Crippen LogP contribution in [0.2, 0.25) is 0 Å². The van der Waals surface area contributed by atoms with Crippen molar-refractivity contribution in [3.63, 3.8) is 0 Å². The number of hydrogen-bond acceptors (Lipinski definition) is 6. The molecule has 46 heavy (non-hydrogen) atoms. The molecule has 2 heterocycles. The molecule has 7 heteroatoms. The minimum Gasteiger partial charge on any atom is -0.396 e. The molecule has 0 radical (unpaired) electrons. The molecule has 238 valence electrons. The Labute approximate surface area is 271 Å². The first-order valence-electron chi connectivity index (χ1n) is 17.2. The Morgan fingerprint density at radius 1 is 0.848 bits per heavy atom. The van der Waals surface area contributed by atoms with Crippen molar-refractivity contribution in [3.8, 4) is 22.4 Å². The number of fused-ring (bicyclic) bond motifs is 2. The van der Waals surface area contributed by atoms with Gasteiger partial charge in [-0.05, 0) is 98.1 Å². The van der Waals surface area contributed by atoms with Crippen LogP contribution in [0, 0.1) is 24.7 Å². The smallest absolute Gasteiger partial charge is 0.261 e. The minimum absolute atomic E-state index is 0.205. The fourth-order valence-corrected chi connectivity index (χ4v) is 8.09. The number of hydrogen-bond donors (Lipinski definition) is 2. The summed E-state index contributed by atoms with van der Waals surface area (Å²) in [4.78, 5) is 28.9. The summed E-state index contributed by atoms with van der Waals surface area (Å²) in [5.74, 6) is 1.24. The van der Waals surface area contributed by atoms with Gasteiger partial charge in [-0.2, -0.15) is 5.10 Å². The Kier molecular flexibility index (Phi) is 8.36. The highest BCUT2D eigenvalue weighted by atomic mass is 16.3. The Morgan fingerprint density at radius 3 is 2.33 bits per heavy atom. The van der Waals surface area contributed by atoms with E-state index < -0.39 is 0 Å². The van der Waals surface area contributed by atoms with Gasteiger partial charge in [-0.1, -0.05) is 57.0 Å². The molecule has 1 aliphatic heterocycles. The number of unbranched alkanes of at least 4 members (excludes halogenated alkanes) is 2. The summed E-state index contributed by atoms with van der Waals surface area (Å²) in [6.07, 6.45) is 7.81. The zero-order chi connectivity index (χ0) is 31.9. The van der Waals surface area contributed by atoms with Gasteiger partial charge in [-0.3, -0.25) is 14.5 Å². The summed E-state index contributed by atoms with van der Waals surface area (Å²) in [5.41, 5.74) is 9.62. The van der Waals surface area contributed by atoms with E-state index >= 15 is 0 Å². The maximum absolute atomic E-state index is 13.9. The molecule has 7 rings (SSSR count). The number of anilines is 1. The van der Waals surface area contributed by atoms with E-state index in [9.17, 15) is 14.7 Å². The van der Waals surface area contributed by atoms with Gasteiger partial charge in [0.05, 0.1) is 11.4 Å². The average Bonchev–Trinajstić information content (AvgIpc) is 3.74. The summed E-state index contributed by atoms with van der Waals surface area (Å²) >= 11 is 0. The van der Waals surface area contributed by atoms with Crippen LogP contribution in [0.5, 0.6) is 0 Å². The number of nitrogens with one attached hydrogen (secondary N) is 1. The molecule has 4 aromatic rings. The van der Waals surface area contributed by atoms with Gasteiger partial charge in [0.15, 0.2) is 0 Å². The van der Waals surface area contributed by atoms with E-state index in [2.05, 4.69) is 55.5 Å². The van der Waals surface area contributed by atoms with E-state index in [1.54, 1.807) is 0 Å². The van der Waals surface area contributed by atoms with Gasteiger partial charge in [0.1, 0.15) is 0 Å². The van der Waals surface area contributed by atoms with E-state index in [0.717, 1.165) is 102 Å². The lowest BCUT2D eigenvalue weighted by atomic mass is 9.87. The standard InChI is InChI=1S/C39H44N4O3/c1-4-6-18-40-37-30-12-9-13-31-35(30)33(39(46)43(38(31)45)19-7-5-2)21-32(37)24-10-8-11-25(20-24)36-29-17-16-28-27(34(28)22-44)15-14-26(29)23(3)41-42-36/h8-13,20-21,27-28,34,40,44H,4-7,14-19,22H2,1-3H3/t27-,28+,34-/m1/s1. The number of aryl methyl sites for hydroxylation is 1. The van der Waals surface area contributed by atoms with Crippen LogP contribution in [0.3, 0.4) is 0 Å². The van der Waals surface area contributed by atoms with Crippen molar-refractivity contribution in [1.29, 1.82) is 0 Å². The molecule has 3 aromatic carbocycles. The topological polar surface area (TPSA) is 95.4 Å². The Morgan fingerprint density at radius 2 is 1.57 bits per heavy atom. The Bertz CT molecular complexity index is 1830. The predicted octanol–water partition coefficient (Wildman–Crippen LogP) is 7.61. The monoisotopic (exact) mass is 616 g/mol. The molecule has 2 N–H and O–H groups in total. The quantitative estimate of drug-likeness (QED) is 0.141. The number of aliphatic hydroxyl groups is 1. The predicted molar refractivity (Wildman–Crippen MR) is 183 cm³/mol. The number of carbonyl (C=O) groups excluding carboxylic acids is 2. The lowest BCUT2D eigenvalue weighted by Gasteiger charge is -2.29. The normalized spacial score (nSPS) is 20.3. The van der Waals surface area contributed by atoms with E-state index in [0.29, 0.717) is 35.4 Å². The number of carbonyl (C=O) groups is 2. The fourth-order valence-electron chi connectivity index (χ4n) is 8.09. The number of imide groups is 1. The molecule has 0 saturated heterocycles. The summed E-state index contributed by atoms with van der Waals surface area (Å²) in [7, 11) is 0. The highest BCUT2D eigenvalue weighted by Crippen LogP contribution is 2.53. The summed E-state index contributed by atoms with van der Waals surface area (Å²) in [6, 6.07) is 16.3. The van der Waals surface area contributed by atoms with Crippen LogP contribution in [0.15, 0.2) is 48.5 Å². The van der Waals surface area contributed by atoms with Crippen LogP contribution < -0.4 is 5.32 Å². The number of benzene rings is 3. The van der Waals surface area contributed by atoms with Gasteiger partial charge in [0.2, 0.25) is 0 Å². The van der Waals surface area contributed by atoms with Gasteiger partial charge >= 0.3 is 0 Å². The molecule has 0 bridgehead atoms. The SMILES string of the molecule is CCCCNc1c(-c2cccc(-c3nnc(C)c4c3CC[C@@H]3[C@H](CO)[C@@H]3CC4)c2)cc2c3c(cccc13)C(=O)N(CCCC)C2=O. The first-order valence-corrected chi connectivity index (χ1v) is 17.2. The molecule has 1 saturated carbocycles. The number of rotatable bonds is 10. The summed E-state index contributed by atoms with van der Waals surface area (Å²) in [6.45, 7) is 7.81. The molecule has 1 aromatic heterocycles. The molecule has 2 aliphatic carbocycles. The van der Waals surface area contributed by atoms with Crippen molar-refractivity contribution >= 4 is 28.3 Å². The second-order valence-electron chi connectivity index (χ2n) is 13.4. The number of amides is 2. The van der Waals surface area contributed by atoms with Gasteiger partial charge in [0.25, 0.3) is 11.8 Å². The first kappa shape index (κ1) is 30.5. The van der Waals surface area contributed by atoms with Gasteiger partial charge in [-0.25, -0.2) is 0 Å². The molecule has 0 spiro atoms. The largest absolute Gasteiger partial charge is 0.396 e. The molecule has 7 nitrogen and oxygen atoms in total. The van der Waals surface area contributed by atoms with Gasteiger partial charge in [-0.15, -0.1) is 5.10 Å². The third-order valence-corrected chi connectivity index (χ3v) is 10.7. The zero-order valence-electron chi connectivity index (χ0n) is 27.2. The number of nitrogens with zero attached hydrogens (tertiary/aromatic N) is 3. The molecule has 0 unspecified atom stereocenters. The van der Waals surface area contributed by atoms with E-state index in [1.807, 2.05) is 24.3 Å². The van der Waals surface area contributed by atoms with Crippen LogP contribution in [-0.2, 0) is 12.8 Å². The highest BCUT2D eigenvalue weighted by Gasteiger charge is 2.49. The molecular weight excluding hydrogens is 572 g/mol. The van der Waals surface area contributed by atoms with E-state index in [-0.39, 0.29) is 18.4 Å². The van der Waals surface area contributed by atoms with Crippen LogP contribution in [0.1, 0.15) is 89.9 Å². The maximum Gasteiger partial charge on any atom is 0.261 e. The molecule has 3 aliphatic rings. The molecule has 2 amide bonds. The van der Waals surface area contributed by atoms with Crippen LogP contribution in [0.4, 0.5) is 5.69 Å². The zero-order valence-corrected chi connectivity index (χ0v) is 27.2. The molecule has 3 atom stereocenters. The lowest BCUT2D eigenvalue weighted by Crippen LogP contribution is -2.41. The Hall–Kier alpha value is -4.10. The van der Waals surface area contributed by atoms with Crippen molar-refractivity contribution in [2.45, 2.75) is 72.1 Å². The number of aliphatic hydroxyl groups excluding tert-OH is 1. The van der Waals surface area contributed by atoms with Crippen molar-refractivity contribution in [3.05, 3.63) is 76.5 Å². The van der Waals surface area contributed by atoms with Gasteiger partial charge in [0, 0.05) is 58.4 Å². The lowest BCUT2D eigenvalue weighted by molar-refractivity contribution is 0.0608. The van der Waals surface area contributed by atoms with Crippen LogP contribution >= 0.6 is 0 Å². The molecule has 1 fully saturated rings. The average molecular weight is 617 g/mol. The van der Waals surface area contributed by atoms with Crippen molar-refractivity contribution < 1.29 is 14.7 Å². The van der Waals surface area contributed by atoms with Crippen LogP contribution in [0.25, 0.3) is 33.2 Å². The van der Waals surface area contributed by atoms with Crippen molar-refractivity contribution in [1.82, 2.24) is 15.1 Å². The second kappa shape index (κ2) is 12.6. The fraction of sp³-hybridized carbons (Fsp3) is 0.436. The van der Waals surface area contributed by atoms with Crippen LogP contribution in [-0.4, -0.2) is 51.7 Å². The third kappa shape index (κ3) is 5.19. The first-order chi connectivity index (χ1) is 22.5. The summed E-state index contributed by atoms with van der Waals surface area (Å²) < 4.78 is 0. The third-order valence-electron chi connectivity index (χ3n) is 10.7. The van der Waals surface area contributed by atoms with E-state index in [4.69, 9.17) is 5.10 Å². The highest BCUT2D eigenvalue weighted by molar-refractivity contribution is 6.28. The maximum atomic E-state index is 13.9. The Balaban J connectivity index is 1.36. The van der Waals surface area contributed by atoms with Crippen molar-refractivity contribution in [2.75, 3.05) is 25.0 Å².